The van der Waals surface area contributed by atoms with Gasteiger partial charge in [0.2, 0.25) is 5.91 Å². The lowest BCUT2D eigenvalue weighted by atomic mass is 9.96. The number of hydrogen-bond donors (Lipinski definition) is 2. The van der Waals surface area contributed by atoms with E-state index in [1.54, 1.807) is 18.6 Å². The fraction of sp³-hybridized carbons (Fsp3) is 0.353. The maximum Gasteiger partial charge on any atom is 0.227 e. The van der Waals surface area contributed by atoms with Crippen LogP contribution in [0.3, 0.4) is 0 Å². The Labute approximate surface area is 130 Å². The first-order valence-electron chi connectivity index (χ1n) is 7.62. The second-order valence-corrected chi connectivity index (χ2v) is 5.82. The Morgan fingerprint density at radius 1 is 1.27 bits per heavy atom. The Kier molecular flexibility index (Phi) is 4.15. The fourth-order valence-electron chi connectivity index (χ4n) is 2.74. The molecule has 1 unspecified atom stereocenters. The molecule has 2 atom stereocenters. The van der Waals surface area contributed by atoms with Crippen LogP contribution in [0.2, 0.25) is 0 Å². The number of fused-ring (bicyclic) bond motifs is 4. The van der Waals surface area contributed by atoms with Crippen molar-refractivity contribution in [3.05, 3.63) is 42.5 Å². The number of carbonyl (C=O) groups is 1. The first-order chi connectivity index (χ1) is 10.6. The minimum atomic E-state index is -0.0973. The summed E-state index contributed by atoms with van der Waals surface area (Å²) >= 11 is 0. The molecule has 2 aromatic heterocycles. The largest absolute Gasteiger partial charge is 0.324 e. The molecule has 0 radical (unpaired) electrons. The van der Waals surface area contributed by atoms with E-state index in [1.807, 2.05) is 25.1 Å². The third kappa shape index (κ3) is 2.99. The lowest BCUT2D eigenvalue weighted by Gasteiger charge is -2.18. The van der Waals surface area contributed by atoms with Crippen LogP contribution in [0.15, 0.2) is 36.8 Å². The zero-order chi connectivity index (χ0) is 15.5. The van der Waals surface area contributed by atoms with Crippen LogP contribution in [0.5, 0.6) is 0 Å². The van der Waals surface area contributed by atoms with Crippen molar-refractivity contribution in [1.82, 2.24) is 9.97 Å². The number of rotatable bonds is 0. The van der Waals surface area contributed by atoms with Crippen molar-refractivity contribution in [2.75, 3.05) is 5.32 Å². The topological polar surface area (TPSA) is 80.9 Å². The van der Waals surface area contributed by atoms with Gasteiger partial charge in [-0.2, -0.15) is 0 Å². The molecule has 0 aliphatic carbocycles. The highest BCUT2D eigenvalue weighted by Crippen LogP contribution is 2.30. The molecule has 1 aliphatic rings. The maximum atomic E-state index is 12.3. The SMILES string of the molecule is CC1CCC[C@H](N)c2cc(ccn2)-c2ccncc2NC1=O. The molecule has 0 spiro atoms. The van der Waals surface area contributed by atoms with E-state index in [-0.39, 0.29) is 17.9 Å². The minimum absolute atomic E-state index is 0.0256. The van der Waals surface area contributed by atoms with Crippen LogP contribution in [0.25, 0.3) is 11.1 Å². The van der Waals surface area contributed by atoms with Crippen LogP contribution in [0.4, 0.5) is 5.69 Å². The molecule has 2 aromatic rings. The average Bonchev–Trinajstić information content (AvgIpc) is 2.54. The van der Waals surface area contributed by atoms with Gasteiger partial charge < -0.3 is 11.1 Å². The van der Waals surface area contributed by atoms with Gasteiger partial charge in [-0.05, 0) is 36.6 Å². The van der Waals surface area contributed by atoms with Crippen LogP contribution < -0.4 is 11.1 Å². The molecule has 114 valence electrons. The number of nitrogens with two attached hydrogens (primary N) is 1. The van der Waals surface area contributed by atoms with Crippen molar-refractivity contribution >= 4 is 11.6 Å². The van der Waals surface area contributed by atoms with Crippen molar-refractivity contribution in [1.29, 1.82) is 0 Å². The molecule has 3 heterocycles. The summed E-state index contributed by atoms with van der Waals surface area (Å²) in [7, 11) is 0. The van der Waals surface area contributed by atoms with Crippen LogP contribution in [0.1, 0.15) is 37.9 Å². The van der Waals surface area contributed by atoms with Crippen LogP contribution >= 0.6 is 0 Å². The Bertz CT molecular complexity index is 686. The van der Waals surface area contributed by atoms with Crippen molar-refractivity contribution < 1.29 is 4.79 Å². The Morgan fingerprint density at radius 3 is 3.00 bits per heavy atom. The Hall–Kier alpha value is -2.27. The van der Waals surface area contributed by atoms with Crippen molar-refractivity contribution in [3.8, 4) is 11.1 Å². The molecule has 1 aliphatic heterocycles. The second kappa shape index (κ2) is 6.23. The first-order valence-corrected chi connectivity index (χ1v) is 7.62. The summed E-state index contributed by atoms with van der Waals surface area (Å²) < 4.78 is 0. The average molecular weight is 296 g/mol. The quantitative estimate of drug-likeness (QED) is 0.783. The summed E-state index contributed by atoms with van der Waals surface area (Å²) in [6.45, 7) is 1.94. The number of hydrogen-bond acceptors (Lipinski definition) is 4. The van der Waals surface area contributed by atoms with Crippen molar-refractivity contribution in [2.24, 2.45) is 11.7 Å². The molecule has 1 amide bonds. The smallest absolute Gasteiger partial charge is 0.227 e. The molecule has 0 fully saturated rings. The highest BCUT2D eigenvalue weighted by molar-refractivity contribution is 5.96. The van der Waals surface area contributed by atoms with Crippen LogP contribution in [0, 0.1) is 5.92 Å². The van der Waals surface area contributed by atoms with Crippen molar-refractivity contribution in [3.63, 3.8) is 0 Å². The number of aromatic nitrogens is 2. The molecule has 5 heteroatoms. The summed E-state index contributed by atoms with van der Waals surface area (Å²) in [6.07, 6.45) is 7.73. The van der Waals surface area contributed by atoms with E-state index in [4.69, 9.17) is 5.73 Å². The van der Waals surface area contributed by atoms with Gasteiger partial charge in [-0.3, -0.25) is 14.8 Å². The predicted molar refractivity (Wildman–Crippen MR) is 86.0 cm³/mol. The predicted octanol–water partition coefficient (Wildman–Crippen LogP) is 2.90. The number of nitrogens with one attached hydrogen (secondary N) is 1. The Balaban J connectivity index is 2.09. The standard InChI is InChI=1S/C17H20N4O/c1-11-3-2-4-14(18)15-9-12(5-8-20-15)13-6-7-19-10-16(13)21-17(11)22/h5-11,14H,2-4,18H2,1H3,(H,21,22)/t11?,14-/m0/s1. The third-order valence-corrected chi connectivity index (χ3v) is 4.15. The molecule has 0 saturated carbocycles. The van der Waals surface area contributed by atoms with E-state index >= 15 is 0 Å². The van der Waals surface area contributed by atoms with Gasteiger partial charge in [0.25, 0.3) is 0 Å². The van der Waals surface area contributed by atoms with E-state index in [9.17, 15) is 4.79 Å². The van der Waals surface area contributed by atoms with Gasteiger partial charge in [-0.25, -0.2) is 0 Å². The lowest BCUT2D eigenvalue weighted by molar-refractivity contribution is -0.119. The summed E-state index contributed by atoms with van der Waals surface area (Å²) in [5.74, 6) is -0.0244. The maximum absolute atomic E-state index is 12.3. The summed E-state index contributed by atoms with van der Waals surface area (Å²) in [6, 6.07) is 5.73. The molecule has 3 N–H and O–H groups in total. The summed E-state index contributed by atoms with van der Waals surface area (Å²) in [5, 5.41) is 3.00. The highest BCUT2D eigenvalue weighted by atomic mass is 16.1. The zero-order valence-corrected chi connectivity index (χ0v) is 12.6. The van der Waals surface area contributed by atoms with Gasteiger partial charge in [-0.15, -0.1) is 0 Å². The van der Waals surface area contributed by atoms with Gasteiger partial charge >= 0.3 is 0 Å². The highest BCUT2D eigenvalue weighted by Gasteiger charge is 2.18. The van der Waals surface area contributed by atoms with Gasteiger partial charge in [0.1, 0.15) is 0 Å². The van der Waals surface area contributed by atoms with E-state index in [0.717, 1.165) is 41.8 Å². The normalized spacial score (nSPS) is 22.0. The third-order valence-electron chi connectivity index (χ3n) is 4.15. The van der Waals surface area contributed by atoms with Gasteiger partial charge in [0.05, 0.1) is 17.6 Å². The number of anilines is 1. The van der Waals surface area contributed by atoms with E-state index < -0.39 is 0 Å². The fourth-order valence-corrected chi connectivity index (χ4v) is 2.74. The molecule has 0 aromatic carbocycles. The number of nitrogens with zero attached hydrogens (tertiary/aromatic N) is 2. The van der Waals surface area contributed by atoms with Crippen LogP contribution in [-0.4, -0.2) is 15.9 Å². The number of pyridine rings is 2. The second-order valence-electron chi connectivity index (χ2n) is 5.82. The molecule has 22 heavy (non-hydrogen) atoms. The van der Waals surface area contributed by atoms with E-state index in [2.05, 4.69) is 15.3 Å². The van der Waals surface area contributed by atoms with Crippen molar-refractivity contribution in [2.45, 2.75) is 32.2 Å². The van der Waals surface area contributed by atoms with Gasteiger partial charge in [-0.1, -0.05) is 13.3 Å². The molecule has 3 rings (SSSR count). The van der Waals surface area contributed by atoms with E-state index in [1.165, 1.54) is 0 Å². The summed E-state index contributed by atoms with van der Waals surface area (Å²) in [4.78, 5) is 20.8. The lowest BCUT2D eigenvalue weighted by Crippen LogP contribution is -2.22. The molecule has 2 bridgehead atoms. The van der Waals surface area contributed by atoms with Crippen LogP contribution in [-0.2, 0) is 4.79 Å². The Morgan fingerprint density at radius 2 is 2.14 bits per heavy atom. The monoisotopic (exact) mass is 296 g/mol. The van der Waals surface area contributed by atoms with Gasteiger partial charge in [0.15, 0.2) is 0 Å². The van der Waals surface area contributed by atoms with E-state index in [0.29, 0.717) is 0 Å². The summed E-state index contributed by atoms with van der Waals surface area (Å²) in [5.41, 5.74) is 9.79. The van der Waals surface area contributed by atoms with Gasteiger partial charge in [0, 0.05) is 29.9 Å². The molecule has 5 nitrogen and oxygen atoms in total. The molecular weight excluding hydrogens is 276 g/mol. The zero-order valence-electron chi connectivity index (χ0n) is 12.6. The minimum Gasteiger partial charge on any atom is -0.324 e. The molecule has 0 saturated heterocycles. The number of carbonyl (C=O) groups excluding carboxylic acids is 1. The first kappa shape index (κ1) is 14.7. The number of amides is 1. The molecular formula is C17H20N4O.